The number of carbonyl (C=O) groups is 3. The van der Waals surface area contributed by atoms with Crippen LogP contribution in [0, 0.1) is 6.92 Å². The van der Waals surface area contributed by atoms with Crippen molar-refractivity contribution in [2.75, 3.05) is 18.8 Å². The molecule has 3 aliphatic rings. The quantitative estimate of drug-likeness (QED) is 0.838. The van der Waals surface area contributed by atoms with E-state index in [9.17, 15) is 19.5 Å². The van der Waals surface area contributed by atoms with Gasteiger partial charge in [0.25, 0.3) is 0 Å². The first-order chi connectivity index (χ1) is 12.8. The fraction of sp³-hybridized carbons (Fsp3) is 0.667. The summed E-state index contributed by atoms with van der Waals surface area (Å²) in [5, 5.41) is 13.4. The summed E-state index contributed by atoms with van der Waals surface area (Å²) < 4.78 is 1.78. The van der Waals surface area contributed by atoms with Crippen LogP contribution in [0.15, 0.2) is 6.20 Å². The SMILES string of the molecule is Cc1c(C(=O)O)cnn1C1CCN(C(=O)C2CSC3(C)CCC(=O)N23)CC1. The molecule has 1 aromatic heterocycles. The summed E-state index contributed by atoms with van der Waals surface area (Å²) in [5.41, 5.74) is 0.876. The van der Waals surface area contributed by atoms with Gasteiger partial charge in [0.15, 0.2) is 0 Å². The molecule has 9 heteroatoms. The number of rotatable bonds is 3. The normalized spacial score (nSPS) is 28.7. The van der Waals surface area contributed by atoms with E-state index >= 15 is 0 Å². The Balaban J connectivity index is 1.42. The van der Waals surface area contributed by atoms with E-state index in [1.807, 2.05) is 9.80 Å². The molecule has 3 aliphatic heterocycles. The first kappa shape index (κ1) is 18.3. The zero-order chi connectivity index (χ0) is 19.3. The maximum Gasteiger partial charge on any atom is 0.339 e. The minimum Gasteiger partial charge on any atom is -0.478 e. The van der Waals surface area contributed by atoms with Crippen molar-refractivity contribution in [3.8, 4) is 0 Å². The van der Waals surface area contributed by atoms with Crippen LogP contribution in [0.5, 0.6) is 0 Å². The average Bonchev–Trinajstić information content (AvgIpc) is 3.28. The van der Waals surface area contributed by atoms with Crippen molar-refractivity contribution >= 4 is 29.5 Å². The summed E-state index contributed by atoms with van der Waals surface area (Å²) in [6.07, 6.45) is 4.20. The highest BCUT2D eigenvalue weighted by Crippen LogP contribution is 2.47. The molecule has 3 saturated heterocycles. The topological polar surface area (TPSA) is 95.7 Å². The number of hydrogen-bond donors (Lipinski definition) is 1. The van der Waals surface area contributed by atoms with Crippen LogP contribution in [0.1, 0.15) is 54.7 Å². The fourth-order valence-corrected chi connectivity index (χ4v) is 5.97. The van der Waals surface area contributed by atoms with Gasteiger partial charge in [-0.15, -0.1) is 11.8 Å². The van der Waals surface area contributed by atoms with E-state index in [4.69, 9.17) is 0 Å². The molecule has 4 heterocycles. The minimum atomic E-state index is -0.969. The Morgan fingerprint density at radius 1 is 1.33 bits per heavy atom. The molecule has 2 unspecified atom stereocenters. The molecule has 4 rings (SSSR count). The Labute approximate surface area is 161 Å². The number of amides is 2. The molecule has 2 amide bonds. The molecule has 0 spiro atoms. The smallest absolute Gasteiger partial charge is 0.339 e. The molecular weight excluding hydrogens is 368 g/mol. The Morgan fingerprint density at radius 3 is 2.67 bits per heavy atom. The molecule has 0 aromatic carbocycles. The summed E-state index contributed by atoms with van der Waals surface area (Å²) in [4.78, 5) is 40.0. The number of thioether (sulfide) groups is 1. The molecule has 0 bridgehead atoms. The zero-order valence-electron chi connectivity index (χ0n) is 15.6. The third-order valence-electron chi connectivity index (χ3n) is 6.13. The standard InChI is InChI=1S/C18H24N4O4S/c1-11-13(17(25)26)9-19-22(11)12-4-7-20(8-5-12)16(24)14-10-27-18(2)6-3-15(23)21(14)18/h9,12,14H,3-8,10H2,1-2H3,(H,25,26). The number of piperidine rings is 1. The highest BCUT2D eigenvalue weighted by molar-refractivity contribution is 8.01. The van der Waals surface area contributed by atoms with Gasteiger partial charge >= 0.3 is 5.97 Å². The van der Waals surface area contributed by atoms with Gasteiger partial charge in [0.05, 0.1) is 22.8 Å². The third-order valence-corrected chi connectivity index (χ3v) is 7.63. The predicted molar refractivity (Wildman–Crippen MR) is 99.5 cm³/mol. The van der Waals surface area contributed by atoms with Gasteiger partial charge in [0, 0.05) is 25.3 Å². The van der Waals surface area contributed by atoms with Gasteiger partial charge in [-0.25, -0.2) is 4.79 Å². The molecule has 27 heavy (non-hydrogen) atoms. The van der Waals surface area contributed by atoms with E-state index in [1.165, 1.54) is 6.20 Å². The van der Waals surface area contributed by atoms with E-state index in [0.717, 1.165) is 19.3 Å². The van der Waals surface area contributed by atoms with Crippen molar-refractivity contribution in [3.05, 3.63) is 17.5 Å². The summed E-state index contributed by atoms with van der Waals surface area (Å²) in [7, 11) is 0. The second kappa shape index (κ2) is 6.54. The van der Waals surface area contributed by atoms with Crippen LogP contribution < -0.4 is 0 Å². The summed E-state index contributed by atoms with van der Waals surface area (Å²) in [6.45, 7) is 5.03. The molecule has 0 radical (unpaired) electrons. The first-order valence-electron chi connectivity index (χ1n) is 9.34. The first-order valence-corrected chi connectivity index (χ1v) is 10.3. The Morgan fingerprint density at radius 2 is 2.04 bits per heavy atom. The van der Waals surface area contributed by atoms with Crippen molar-refractivity contribution in [2.24, 2.45) is 0 Å². The lowest BCUT2D eigenvalue weighted by Gasteiger charge is -2.36. The van der Waals surface area contributed by atoms with Crippen molar-refractivity contribution in [1.82, 2.24) is 19.6 Å². The molecular formula is C18H24N4O4S. The highest BCUT2D eigenvalue weighted by atomic mass is 32.2. The van der Waals surface area contributed by atoms with Gasteiger partial charge in [-0.3, -0.25) is 14.3 Å². The summed E-state index contributed by atoms with van der Waals surface area (Å²) >= 11 is 1.71. The number of hydrogen-bond acceptors (Lipinski definition) is 5. The molecule has 0 aliphatic carbocycles. The van der Waals surface area contributed by atoms with Crippen LogP contribution in [0.3, 0.4) is 0 Å². The van der Waals surface area contributed by atoms with E-state index in [-0.39, 0.29) is 34.3 Å². The van der Waals surface area contributed by atoms with Crippen molar-refractivity contribution in [3.63, 3.8) is 0 Å². The van der Waals surface area contributed by atoms with Gasteiger partial charge in [-0.1, -0.05) is 0 Å². The number of carbonyl (C=O) groups excluding carboxylic acids is 2. The number of fused-ring (bicyclic) bond motifs is 1. The van der Waals surface area contributed by atoms with E-state index < -0.39 is 5.97 Å². The maximum atomic E-state index is 13.1. The largest absolute Gasteiger partial charge is 0.478 e. The lowest BCUT2D eigenvalue weighted by atomic mass is 10.0. The number of carboxylic acids is 1. The van der Waals surface area contributed by atoms with E-state index in [0.29, 0.717) is 31.0 Å². The lowest BCUT2D eigenvalue weighted by Crippen LogP contribution is -2.53. The van der Waals surface area contributed by atoms with Gasteiger partial charge in [-0.2, -0.15) is 5.10 Å². The second-order valence-electron chi connectivity index (χ2n) is 7.72. The molecule has 1 N–H and O–H groups in total. The monoisotopic (exact) mass is 392 g/mol. The van der Waals surface area contributed by atoms with Gasteiger partial charge in [0.1, 0.15) is 11.6 Å². The van der Waals surface area contributed by atoms with Gasteiger partial charge < -0.3 is 14.9 Å². The highest BCUT2D eigenvalue weighted by Gasteiger charge is 2.53. The van der Waals surface area contributed by atoms with Crippen LogP contribution in [-0.2, 0) is 9.59 Å². The zero-order valence-corrected chi connectivity index (χ0v) is 16.4. The number of aromatic carboxylic acids is 1. The molecule has 3 fully saturated rings. The van der Waals surface area contributed by atoms with Crippen molar-refractivity contribution in [2.45, 2.75) is 56.5 Å². The second-order valence-corrected chi connectivity index (χ2v) is 9.22. The third kappa shape index (κ3) is 2.92. The Kier molecular flexibility index (Phi) is 4.44. The van der Waals surface area contributed by atoms with E-state index in [2.05, 4.69) is 12.0 Å². The summed E-state index contributed by atoms with van der Waals surface area (Å²) in [5.74, 6) is -0.169. The van der Waals surface area contributed by atoms with Crippen LogP contribution in [0.4, 0.5) is 0 Å². The number of aromatic nitrogens is 2. The fourth-order valence-electron chi connectivity index (χ4n) is 4.55. The van der Waals surface area contributed by atoms with Crippen LogP contribution in [0.2, 0.25) is 0 Å². The number of likely N-dealkylation sites (tertiary alicyclic amines) is 1. The van der Waals surface area contributed by atoms with Gasteiger partial charge in [0.2, 0.25) is 11.8 Å². The maximum absolute atomic E-state index is 13.1. The molecule has 1 aromatic rings. The molecule has 8 nitrogen and oxygen atoms in total. The van der Waals surface area contributed by atoms with Crippen LogP contribution in [-0.4, -0.2) is 72.2 Å². The minimum absolute atomic E-state index is 0.0448. The predicted octanol–water partition coefficient (Wildman–Crippen LogP) is 1.51. The number of carboxylic acid groups (broad SMARTS) is 1. The van der Waals surface area contributed by atoms with Crippen molar-refractivity contribution < 1.29 is 19.5 Å². The van der Waals surface area contributed by atoms with Crippen LogP contribution in [0.25, 0.3) is 0 Å². The number of nitrogens with zero attached hydrogens (tertiary/aromatic N) is 4. The Hall–Kier alpha value is -2.03. The van der Waals surface area contributed by atoms with Crippen LogP contribution >= 0.6 is 11.8 Å². The Bertz CT molecular complexity index is 801. The van der Waals surface area contributed by atoms with E-state index in [1.54, 1.807) is 23.4 Å². The van der Waals surface area contributed by atoms with Crippen molar-refractivity contribution in [1.29, 1.82) is 0 Å². The summed E-state index contributed by atoms with van der Waals surface area (Å²) in [6, 6.07) is -0.254. The average molecular weight is 392 g/mol. The molecule has 2 atom stereocenters. The lowest BCUT2D eigenvalue weighted by molar-refractivity contribution is -0.144. The molecule has 146 valence electrons. The van der Waals surface area contributed by atoms with Gasteiger partial charge in [-0.05, 0) is 33.1 Å². The molecule has 0 saturated carbocycles.